The summed E-state index contributed by atoms with van der Waals surface area (Å²) in [5, 5.41) is 16.1. The van der Waals surface area contributed by atoms with Crippen LogP contribution in [0.5, 0.6) is 0 Å². The number of rotatable bonds is 10. The quantitative estimate of drug-likeness (QED) is 0.441. The number of aromatic nitrogens is 3. The van der Waals surface area contributed by atoms with Crippen LogP contribution in [-0.2, 0) is 0 Å². The van der Waals surface area contributed by atoms with Crippen LogP contribution in [0.25, 0.3) is 16.6 Å². The fourth-order valence-electron chi connectivity index (χ4n) is 3.21. The molecule has 2 aromatic rings. The first-order valence-corrected chi connectivity index (χ1v) is 11.1. The van der Waals surface area contributed by atoms with E-state index in [0.29, 0.717) is 35.0 Å². The van der Waals surface area contributed by atoms with E-state index >= 15 is 0 Å². The first kappa shape index (κ1) is 25.1. The van der Waals surface area contributed by atoms with Crippen LogP contribution in [0.15, 0.2) is 6.08 Å². The largest absolute Gasteiger partial charge is 0.405 e. The van der Waals surface area contributed by atoms with E-state index in [9.17, 15) is 18.3 Å². The molecule has 3 N–H and O–H groups in total. The maximum absolute atomic E-state index is 12.6. The molecule has 2 aromatic heterocycles. The zero-order valence-electron chi connectivity index (χ0n) is 18.5. The molecule has 0 aromatic carbocycles. The Morgan fingerprint density at radius 3 is 2.45 bits per heavy atom. The molecule has 0 amide bonds. The zero-order valence-corrected chi connectivity index (χ0v) is 19.3. The molecule has 2 atom stereocenters. The monoisotopic (exact) mass is 457 g/mol. The summed E-state index contributed by atoms with van der Waals surface area (Å²) in [5.41, 5.74) is 2.05. The minimum absolute atomic E-state index is 0.0920. The molecule has 2 rings (SSSR count). The van der Waals surface area contributed by atoms with Gasteiger partial charge in [0.1, 0.15) is 17.4 Å². The molecular weight excluding hydrogens is 427 g/mol. The minimum Gasteiger partial charge on any atom is -0.393 e. The predicted molar refractivity (Wildman–Crippen MR) is 120 cm³/mol. The number of nitrogens with zero attached hydrogens (tertiary/aromatic N) is 3. The van der Waals surface area contributed by atoms with Crippen molar-refractivity contribution in [3.05, 3.63) is 22.3 Å². The van der Waals surface area contributed by atoms with Crippen molar-refractivity contribution >= 4 is 29.2 Å². The van der Waals surface area contributed by atoms with Crippen molar-refractivity contribution in [1.82, 2.24) is 15.0 Å². The summed E-state index contributed by atoms with van der Waals surface area (Å²) in [6, 6.07) is 0. The number of aliphatic hydroxyl groups is 1. The predicted octanol–water partition coefficient (Wildman–Crippen LogP) is 5.43. The van der Waals surface area contributed by atoms with E-state index in [-0.39, 0.29) is 11.9 Å². The number of thiazole rings is 1. The minimum atomic E-state index is -4.37. The lowest BCUT2D eigenvalue weighted by Crippen LogP contribution is -2.23. The molecule has 0 radical (unpaired) electrons. The Bertz CT molecular complexity index is 896. The number of nitrogens with one attached hydrogen (secondary N) is 2. The lowest BCUT2D eigenvalue weighted by Gasteiger charge is -2.19. The fourth-order valence-corrected chi connectivity index (χ4v) is 4.20. The SMILES string of the molecule is C/C=C\c1nc(-c2c(C)nc(NCC(F)(F)F)nc2NCCC(CC)C(C)O)sc1C. The van der Waals surface area contributed by atoms with Crippen molar-refractivity contribution in [1.29, 1.82) is 0 Å². The highest BCUT2D eigenvalue weighted by Gasteiger charge is 2.28. The summed E-state index contributed by atoms with van der Waals surface area (Å²) in [6.07, 6.45) is 0.524. The standard InChI is InChI=1S/C21H30F3N5OS/c1-6-8-16-14(5)31-19(28-16)17-12(3)27-20(26-11-21(22,23)24)29-18(17)25-10-9-15(7-2)13(4)30/h6,8,13,15,30H,7,9-11H2,1-5H3,(H2,25,26,27,29)/b8-6-. The molecule has 0 aliphatic heterocycles. The second kappa shape index (κ2) is 10.9. The second-order valence-corrected chi connectivity index (χ2v) is 8.61. The molecule has 0 aliphatic carbocycles. The van der Waals surface area contributed by atoms with Crippen LogP contribution in [0.2, 0.25) is 0 Å². The summed E-state index contributed by atoms with van der Waals surface area (Å²) in [7, 11) is 0. The second-order valence-electron chi connectivity index (χ2n) is 7.41. The van der Waals surface area contributed by atoms with Gasteiger partial charge in [0.05, 0.1) is 23.1 Å². The highest BCUT2D eigenvalue weighted by molar-refractivity contribution is 7.15. The Labute approximate surface area is 185 Å². The van der Waals surface area contributed by atoms with E-state index in [1.54, 1.807) is 13.8 Å². The van der Waals surface area contributed by atoms with Gasteiger partial charge in [0.15, 0.2) is 0 Å². The van der Waals surface area contributed by atoms with E-state index in [1.807, 2.05) is 32.9 Å². The number of hydrogen-bond acceptors (Lipinski definition) is 7. The lowest BCUT2D eigenvalue weighted by molar-refractivity contribution is -0.115. The molecule has 2 heterocycles. The van der Waals surface area contributed by atoms with Gasteiger partial charge in [0.25, 0.3) is 0 Å². The van der Waals surface area contributed by atoms with E-state index in [1.165, 1.54) is 11.3 Å². The third kappa shape index (κ3) is 7.17. The first-order valence-electron chi connectivity index (χ1n) is 10.3. The highest BCUT2D eigenvalue weighted by atomic mass is 32.1. The van der Waals surface area contributed by atoms with Crippen molar-refractivity contribution in [2.75, 3.05) is 23.7 Å². The normalized spacial score (nSPS) is 14.1. The zero-order chi connectivity index (χ0) is 23.2. The van der Waals surface area contributed by atoms with Crippen molar-refractivity contribution in [2.24, 2.45) is 5.92 Å². The highest BCUT2D eigenvalue weighted by Crippen LogP contribution is 2.35. The summed E-state index contributed by atoms with van der Waals surface area (Å²) in [5.74, 6) is 0.453. The Morgan fingerprint density at radius 2 is 1.87 bits per heavy atom. The van der Waals surface area contributed by atoms with Crippen LogP contribution in [0.3, 0.4) is 0 Å². The number of aryl methyl sites for hydroxylation is 2. The third-order valence-corrected chi connectivity index (χ3v) is 5.93. The topological polar surface area (TPSA) is 83.0 Å². The molecule has 172 valence electrons. The van der Waals surface area contributed by atoms with E-state index in [0.717, 1.165) is 17.0 Å². The Kier molecular flexibility index (Phi) is 8.81. The van der Waals surface area contributed by atoms with Gasteiger partial charge >= 0.3 is 6.18 Å². The van der Waals surface area contributed by atoms with Gasteiger partial charge < -0.3 is 15.7 Å². The van der Waals surface area contributed by atoms with Crippen LogP contribution in [0, 0.1) is 19.8 Å². The molecule has 2 unspecified atom stereocenters. The summed E-state index contributed by atoms with van der Waals surface area (Å²) in [6.45, 7) is 8.68. The molecule has 0 spiro atoms. The lowest BCUT2D eigenvalue weighted by atomic mass is 9.97. The molecule has 10 heteroatoms. The maximum Gasteiger partial charge on any atom is 0.405 e. The number of allylic oxidation sites excluding steroid dienone is 1. The van der Waals surface area contributed by atoms with Gasteiger partial charge in [-0.3, -0.25) is 0 Å². The van der Waals surface area contributed by atoms with E-state index < -0.39 is 18.8 Å². The van der Waals surface area contributed by atoms with Gasteiger partial charge in [-0.15, -0.1) is 11.3 Å². The third-order valence-electron chi connectivity index (χ3n) is 4.92. The average molecular weight is 458 g/mol. The number of aliphatic hydroxyl groups excluding tert-OH is 1. The van der Waals surface area contributed by atoms with E-state index in [2.05, 4.69) is 25.6 Å². The summed E-state index contributed by atoms with van der Waals surface area (Å²) >= 11 is 1.49. The number of hydrogen-bond donors (Lipinski definition) is 3. The Balaban J connectivity index is 2.39. The number of alkyl halides is 3. The van der Waals surface area contributed by atoms with Gasteiger partial charge in [-0.05, 0) is 46.1 Å². The molecule has 0 aliphatic rings. The molecule has 0 saturated heterocycles. The first-order chi connectivity index (χ1) is 14.6. The van der Waals surface area contributed by atoms with Crippen LogP contribution in [0.1, 0.15) is 49.9 Å². The maximum atomic E-state index is 12.6. The number of anilines is 2. The fraction of sp³-hybridized carbons (Fsp3) is 0.571. The van der Waals surface area contributed by atoms with E-state index in [4.69, 9.17) is 0 Å². The molecule has 0 bridgehead atoms. The molecule has 0 fully saturated rings. The van der Waals surface area contributed by atoms with Gasteiger partial charge in [0.2, 0.25) is 5.95 Å². The van der Waals surface area contributed by atoms with Crippen molar-refractivity contribution < 1.29 is 18.3 Å². The Morgan fingerprint density at radius 1 is 1.16 bits per heavy atom. The average Bonchev–Trinajstić information content (AvgIpc) is 3.02. The van der Waals surface area contributed by atoms with Gasteiger partial charge in [-0.25, -0.2) is 9.97 Å². The van der Waals surface area contributed by atoms with Gasteiger partial charge in [0, 0.05) is 11.4 Å². The van der Waals surface area contributed by atoms with Crippen LogP contribution >= 0.6 is 11.3 Å². The van der Waals surface area contributed by atoms with Crippen molar-refractivity contribution in [3.63, 3.8) is 0 Å². The number of halogens is 3. The van der Waals surface area contributed by atoms with Gasteiger partial charge in [-0.1, -0.05) is 19.4 Å². The summed E-state index contributed by atoms with van der Waals surface area (Å²) in [4.78, 5) is 14.2. The van der Waals surface area contributed by atoms with Crippen LogP contribution in [-0.4, -0.2) is 45.4 Å². The molecule has 31 heavy (non-hydrogen) atoms. The molecule has 0 saturated carbocycles. The molecular formula is C21H30F3N5OS. The van der Waals surface area contributed by atoms with Gasteiger partial charge in [-0.2, -0.15) is 18.2 Å². The Hall–Kier alpha value is -2.20. The smallest absolute Gasteiger partial charge is 0.393 e. The van der Waals surface area contributed by atoms with Crippen molar-refractivity contribution in [2.45, 2.75) is 59.7 Å². The molecule has 6 nitrogen and oxygen atoms in total. The summed E-state index contributed by atoms with van der Waals surface area (Å²) < 4.78 is 37.9. The van der Waals surface area contributed by atoms with Crippen LogP contribution < -0.4 is 10.6 Å². The van der Waals surface area contributed by atoms with Crippen molar-refractivity contribution in [3.8, 4) is 10.6 Å². The van der Waals surface area contributed by atoms with Crippen LogP contribution in [0.4, 0.5) is 24.9 Å².